The van der Waals surface area contributed by atoms with Gasteiger partial charge in [-0.15, -0.1) is 0 Å². The summed E-state index contributed by atoms with van der Waals surface area (Å²) in [5.41, 5.74) is 2.86. The standard InChI is InChI=1S/C20H26N4O3/c1-20(2)14(10-22-20)9-21-8-12-3-4-13-11-24(19(27)15(13)7-12)16-5-6-17(25)23-18(16)26/h3-4,7,14,16,21-22H,5-6,8-11H2,1-2H3,(H,23,25,26). The van der Waals surface area contributed by atoms with Gasteiger partial charge < -0.3 is 15.5 Å². The molecule has 1 aromatic rings. The van der Waals surface area contributed by atoms with Crippen LogP contribution in [0.3, 0.4) is 0 Å². The minimum absolute atomic E-state index is 0.120. The molecule has 0 radical (unpaired) electrons. The van der Waals surface area contributed by atoms with Gasteiger partial charge in [0.2, 0.25) is 11.8 Å². The third kappa shape index (κ3) is 3.37. The molecular weight excluding hydrogens is 344 g/mol. The Morgan fingerprint density at radius 3 is 2.74 bits per heavy atom. The van der Waals surface area contributed by atoms with Crippen LogP contribution in [-0.4, -0.2) is 47.3 Å². The summed E-state index contributed by atoms with van der Waals surface area (Å²) in [7, 11) is 0. The molecule has 3 aliphatic rings. The van der Waals surface area contributed by atoms with Crippen molar-refractivity contribution in [2.24, 2.45) is 5.92 Å². The van der Waals surface area contributed by atoms with Crippen molar-refractivity contribution in [1.29, 1.82) is 0 Å². The van der Waals surface area contributed by atoms with E-state index in [9.17, 15) is 14.4 Å². The molecule has 3 amide bonds. The van der Waals surface area contributed by atoms with Crippen LogP contribution in [0.4, 0.5) is 0 Å². The minimum Gasteiger partial charge on any atom is -0.322 e. The van der Waals surface area contributed by atoms with E-state index >= 15 is 0 Å². The molecule has 27 heavy (non-hydrogen) atoms. The van der Waals surface area contributed by atoms with Gasteiger partial charge in [-0.25, -0.2) is 0 Å². The number of imide groups is 1. The van der Waals surface area contributed by atoms with Crippen molar-refractivity contribution in [3.05, 3.63) is 34.9 Å². The number of carbonyl (C=O) groups excluding carboxylic acids is 3. The highest BCUT2D eigenvalue weighted by Gasteiger charge is 2.39. The number of hydrogen-bond acceptors (Lipinski definition) is 5. The molecule has 0 spiro atoms. The maximum absolute atomic E-state index is 12.8. The molecule has 2 unspecified atom stereocenters. The van der Waals surface area contributed by atoms with Crippen LogP contribution in [0.15, 0.2) is 18.2 Å². The first-order valence-corrected chi connectivity index (χ1v) is 9.57. The Balaban J connectivity index is 1.39. The molecule has 7 heteroatoms. The van der Waals surface area contributed by atoms with Gasteiger partial charge in [0.05, 0.1) is 0 Å². The molecule has 2 atom stereocenters. The van der Waals surface area contributed by atoms with E-state index in [2.05, 4.69) is 29.8 Å². The lowest BCUT2D eigenvalue weighted by atomic mass is 9.80. The van der Waals surface area contributed by atoms with Gasteiger partial charge in [-0.1, -0.05) is 12.1 Å². The minimum atomic E-state index is -0.558. The zero-order chi connectivity index (χ0) is 19.2. The molecule has 2 saturated heterocycles. The third-order valence-electron chi connectivity index (χ3n) is 6.14. The fourth-order valence-electron chi connectivity index (χ4n) is 4.08. The van der Waals surface area contributed by atoms with Crippen molar-refractivity contribution in [2.45, 2.75) is 51.4 Å². The monoisotopic (exact) mass is 370 g/mol. The van der Waals surface area contributed by atoms with Crippen LogP contribution in [0.2, 0.25) is 0 Å². The Bertz CT molecular complexity index is 804. The number of carbonyl (C=O) groups is 3. The van der Waals surface area contributed by atoms with E-state index < -0.39 is 6.04 Å². The number of nitrogens with one attached hydrogen (secondary N) is 3. The van der Waals surface area contributed by atoms with Gasteiger partial charge in [0, 0.05) is 49.6 Å². The summed E-state index contributed by atoms with van der Waals surface area (Å²) < 4.78 is 0. The van der Waals surface area contributed by atoms with Crippen molar-refractivity contribution in [1.82, 2.24) is 20.9 Å². The molecule has 4 rings (SSSR count). The molecule has 3 N–H and O–H groups in total. The summed E-state index contributed by atoms with van der Waals surface area (Å²) in [5.74, 6) is -0.146. The summed E-state index contributed by atoms with van der Waals surface area (Å²) in [6, 6.07) is 5.39. The van der Waals surface area contributed by atoms with Crippen molar-refractivity contribution in [3.8, 4) is 0 Å². The molecule has 0 saturated carbocycles. The van der Waals surface area contributed by atoms with Crippen LogP contribution < -0.4 is 16.0 Å². The molecule has 0 aromatic heterocycles. The molecule has 0 aliphatic carbocycles. The SMILES string of the molecule is CC1(C)NCC1CNCc1ccc2c(c1)C(=O)N(C1CCC(=O)NC1=O)C2. The summed E-state index contributed by atoms with van der Waals surface area (Å²) in [6.45, 7) is 7.53. The van der Waals surface area contributed by atoms with Crippen molar-refractivity contribution < 1.29 is 14.4 Å². The average molecular weight is 370 g/mol. The Morgan fingerprint density at radius 1 is 1.26 bits per heavy atom. The van der Waals surface area contributed by atoms with Gasteiger partial charge in [0.25, 0.3) is 5.91 Å². The van der Waals surface area contributed by atoms with Crippen LogP contribution in [0.5, 0.6) is 0 Å². The lowest BCUT2D eigenvalue weighted by Gasteiger charge is -2.46. The topological polar surface area (TPSA) is 90.5 Å². The van der Waals surface area contributed by atoms with Crippen molar-refractivity contribution in [2.75, 3.05) is 13.1 Å². The Hall–Kier alpha value is -2.25. The van der Waals surface area contributed by atoms with E-state index in [0.29, 0.717) is 31.0 Å². The van der Waals surface area contributed by atoms with Gasteiger partial charge in [-0.2, -0.15) is 0 Å². The fourth-order valence-corrected chi connectivity index (χ4v) is 4.08. The molecule has 3 aliphatic heterocycles. The highest BCUT2D eigenvalue weighted by molar-refractivity contribution is 6.05. The lowest BCUT2D eigenvalue weighted by Crippen LogP contribution is -2.63. The quantitative estimate of drug-likeness (QED) is 0.658. The van der Waals surface area contributed by atoms with E-state index in [-0.39, 0.29) is 29.7 Å². The second-order valence-corrected chi connectivity index (χ2v) is 8.32. The zero-order valence-corrected chi connectivity index (χ0v) is 15.8. The predicted octanol–water partition coefficient (Wildman–Crippen LogP) is 0.535. The lowest BCUT2D eigenvalue weighted by molar-refractivity contribution is -0.136. The van der Waals surface area contributed by atoms with E-state index in [1.165, 1.54) is 0 Å². The summed E-state index contributed by atoms with van der Waals surface area (Å²) >= 11 is 0. The smallest absolute Gasteiger partial charge is 0.255 e. The van der Waals surface area contributed by atoms with E-state index in [1.54, 1.807) is 4.90 Å². The fraction of sp³-hybridized carbons (Fsp3) is 0.550. The van der Waals surface area contributed by atoms with Crippen LogP contribution in [-0.2, 0) is 22.7 Å². The van der Waals surface area contributed by atoms with Crippen LogP contribution in [0.1, 0.15) is 48.2 Å². The number of rotatable bonds is 5. The molecule has 2 fully saturated rings. The number of nitrogens with zero attached hydrogens (tertiary/aromatic N) is 1. The van der Waals surface area contributed by atoms with E-state index in [0.717, 1.165) is 24.2 Å². The molecule has 144 valence electrons. The third-order valence-corrected chi connectivity index (χ3v) is 6.14. The summed E-state index contributed by atoms with van der Waals surface area (Å²) in [6.07, 6.45) is 0.669. The van der Waals surface area contributed by atoms with Crippen LogP contribution in [0.25, 0.3) is 0 Å². The highest BCUT2D eigenvalue weighted by atomic mass is 16.2. The first kappa shape index (κ1) is 18.1. The number of hydrogen-bond donors (Lipinski definition) is 3. The largest absolute Gasteiger partial charge is 0.322 e. The van der Waals surface area contributed by atoms with Crippen molar-refractivity contribution >= 4 is 17.7 Å². The zero-order valence-electron chi connectivity index (χ0n) is 15.8. The Kier molecular flexibility index (Phi) is 4.52. The first-order chi connectivity index (χ1) is 12.8. The second kappa shape index (κ2) is 6.73. The average Bonchev–Trinajstić information content (AvgIpc) is 2.94. The van der Waals surface area contributed by atoms with Gasteiger partial charge in [0.1, 0.15) is 6.04 Å². The molecule has 1 aromatic carbocycles. The molecular formula is C20H26N4O3. The summed E-state index contributed by atoms with van der Waals surface area (Å²) in [5, 5.41) is 9.24. The van der Waals surface area contributed by atoms with Gasteiger partial charge >= 0.3 is 0 Å². The van der Waals surface area contributed by atoms with E-state index in [1.807, 2.05) is 18.2 Å². The van der Waals surface area contributed by atoms with Crippen molar-refractivity contribution in [3.63, 3.8) is 0 Å². The highest BCUT2D eigenvalue weighted by Crippen LogP contribution is 2.28. The van der Waals surface area contributed by atoms with E-state index in [4.69, 9.17) is 0 Å². The number of fused-ring (bicyclic) bond motifs is 1. The molecule has 0 bridgehead atoms. The predicted molar refractivity (Wildman–Crippen MR) is 99.8 cm³/mol. The number of benzene rings is 1. The van der Waals surface area contributed by atoms with Gasteiger partial charge in [-0.05, 0) is 37.5 Å². The first-order valence-electron chi connectivity index (χ1n) is 9.57. The van der Waals surface area contributed by atoms with Gasteiger partial charge in [0.15, 0.2) is 0 Å². The molecule has 3 heterocycles. The maximum Gasteiger partial charge on any atom is 0.255 e. The Labute approximate surface area is 158 Å². The number of piperidine rings is 1. The molecule has 7 nitrogen and oxygen atoms in total. The van der Waals surface area contributed by atoms with Crippen LogP contribution in [0, 0.1) is 5.92 Å². The van der Waals surface area contributed by atoms with Crippen LogP contribution >= 0.6 is 0 Å². The summed E-state index contributed by atoms with van der Waals surface area (Å²) in [4.78, 5) is 37.9. The van der Waals surface area contributed by atoms with Gasteiger partial charge in [-0.3, -0.25) is 19.7 Å². The number of amides is 3. The second-order valence-electron chi connectivity index (χ2n) is 8.32. The normalized spacial score (nSPS) is 26.6. The Morgan fingerprint density at radius 2 is 2.07 bits per heavy atom. The maximum atomic E-state index is 12.8.